The third kappa shape index (κ3) is 7.34. The molecule has 50 heavy (non-hydrogen) atoms. The molecule has 0 unspecified atom stereocenters. The van der Waals surface area contributed by atoms with Crippen molar-refractivity contribution in [1.82, 2.24) is 0 Å². The van der Waals surface area contributed by atoms with Crippen molar-refractivity contribution in [2.24, 2.45) is 0 Å². The molecule has 7 aromatic rings. The number of rotatable bonds is 14. The summed E-state index contributed by atoms with van der Waals surface area (Å²) in [4.78, 5) is 5.43. The van der Waals surface area contributed by atoms with Crippen LogP contribution in [0.1, 0.15) is 26.7 Å². The third-order valence-corrected chi connectivity index (χ3v) is 14.3. The molecule has 0 radical (unpaired) electrons. The SMILES string of the molecule is CCCN(CP(c1ccccc1)c1ccccc1)c1c2ccccc2c(N(CCC)CP(c2ccccc2)c2ccccc2)c2ccccc12. The second-order valence-electron chi connectivity index (χ2n) is 12.8. The second kappa shape index (κ2) is 16.5. The molecule has 0 saturated heterocycles. The van der Waals surface area contributed by atoms with Gasteiger partial charge in [0.25, 0.3) is 0 Å². The van der Waals surface area contributed by atoms with Gasteiger partial charge in [-0.2, -0.15) is 0 Å². The molecule has 2 nitrogen and oxygen atoms in total. The van der Waals surface area contributed by atoms with Crippen LogP contribution in [0.5, 0.6) is 0 Å². The molecule has 0 aliphatic carbocycles. The van der Waals surface area contributed by atoms with Crippen molar-refractivity contribution >= 4 is 70.0 Å². The van der Waals surface area contributed by atoms with Gasteiger partial charge in [-0.3, -0.25) is 0 Å². The molecular formula is C46H46N2P2. The lowest BCUT2D eigenvalue weighted by Crippen LogP contribution is -2.31. The molecule has 0 amide bonds. The Balaban J connectivity index is 1.40. The molecule has 0 saturated carbocycles. The van der Waals surface area contributed by atoms with Gasteiger partial charge in [-0.05, 0) is 49.9 Å². The van der Waals surface area contributed by atoms with E-state index in [1.165, 1.54) is 54.1 Å². The van der Waals surface area contributed by atoms with Crippen molar-refractivity contribution in [2.75, 3.05) is 35.5 Å². The fourth-order valence-electron chi connectivity index (χ4n) is 7.21. The van der Waals surface area contributed by atoms with Crippen LogP contribution in [0, 0.1) is 0 Å². The zero-order valence-electron chi connectivity index (χ0n) is 29.2. The highest BCUT2D eigenvalue weighted by Gasteiger charge is 2.26. The molecule has 7 rings (SSSR count). The summed E-state index contributed by atoms with van der Waals surface area (Å²) in [6, 6.07) is 63.1. The monoisotopic (exact) mass is 688 g/mol. The van der Waals surface area contributed by atoms with E-state index in [1.807, 2.05) is 0 Å². The summed E-state index contributed by atoms with van der Waals surface area (Å²) in [5, 5.41) is 11.1. The molecule has 0 bridgehead atoms. The van der Waals surface area contributed by atoms with Crippen LogP contribution in [0.4, 0.5) is 11.4 Å². The Hall–Kier alpha value is -4.48. The van der Waals surface area contributed by atoms with E-state index in [1.54, 1.807) is 0 Å². The first kappa shape index (κ1) is 34.0. The summed E-state index contributed by atoms with van der Waals surface area (Å²) in [6.07, 6.45) is 4.10. The normalized spacial score (nSPS) is 11.4. The summed E-state index contributed by atoms with van der Waals surface area (Å²) in [5.41, 5.74) is 2.73. The lowest BCUT2D eigenvalue weighted by Gasteiger charge is -2.35. The highest BCUT2D eigenvalue weighted by molar-refractivity contribution is 7.73. The lowest BCUT2D eigenvalue weighted by molar-refractivity contribution is 0.839. The highest BCUT2D eigenvalue weighted by atomic mass is 31.1. The van der Waals surface area contributed by atoms with Gasteiger partial charge >= 0.3 is 0 Å². The van der Waals surface area contributed by atoms with Crippen molar-refractivity contribution in [3.05, 3.63) is 170 Å². The predicted octanol–water partition coefficient (Wildman–Crippen LogP) is 10.6. The minimum atomic E-state index is -0.607. The summed E-state index contributed by atoms with van der Waals surface area (Å²) >= 11 is 0. The lowest BCUT2D eigenvalue weighted by atomic mass is 9.97. The van der Waals surface area contributed by atoms with Gasteiger partial charge in [0.15, 0.2) is 0 Å². The van der Waals surface area contributed by atoms with E-state index in [2.05, 4.69) is 194 Å². The Kier molecular flexibility index (Phi) is 11.2. The van der Waals surface area contributed by atoms with E-state index in [9.17, 15) is 0 Å². The average molecular weight is 689 g/mol. The molecule has 7 aromatic carbocycles. The van der Waals surface area contributed by atoms with Crippen LogP contribution in [0.25, 0.3) is 21.5 Å². The summed E-state index contributed by atoms with van der Waals surface area (Å²) in [6.45, 7) is 6.63. The van der Waals surface area contributed by atoms with Crippen molar-refractivity contribution in [1.29, 1.82) is 0 Å². The van der Waals surface area contributed by atoms with Gasteiger partial charge in [0.05, 0.1) is 11.4 Å². The van der Waals surface area contributed by atoms with Crippen LogP contribution in [0.2, 0.25) is 0 Å². The van der Waals surface area contributed by atoms with Crippen molar-refractivity contribution in [3.63, 3.8) is 0 Å². The maximum Gasteiger partial charge on any atom is 0.0530 e. The van der Waals surface area contributed by atoms with Gasteiger partial charge in [-0.15, -0.1) is 0 Å². The standard InChI is InChI=1S/C46H46N2P2/c1-3-33-47(35-49(37-21-9-5-10-22-37)38-23-11-6-12-24-38)45-41-29-17-19-31-43(41)46(44-32-20-18-30-42(44)45)48(34-4-2)36-50(39-25-13-7-14-26-39)40-27-15-8-16-28-40/h5-32H,3-4,33-36H2,1-2H3. The summed E-state index contributed by atoms with van der Waals surface area (Å²) in [5.74, 6) is 0. The van der Waals surface area contributed by atoms with Crippen LogP contribution in [0.15, 0.2) is 170 Å². The number of hydrogen-bond acceptors (Lipinski definition) is 2. The molecule has 0 heterocycles. The minimum absolute atomic E-state index is 0.607. The smallest absolute Gasteiger partial charge is 0.0530 e. The number of fused-ring (bicyclic) bond motifs is 2. The fraction of sp³-hybridized carbons (Fsp3) is 0.174. The number of nitrogens with zero attached hydrogens (tertiary/aromatic N) is 2. The summed E-state index contributed by atoms with van der Waals surface area (Å²) < 4.78 is 0. The van der Waals surface area contributed by atoms with Crippen LogP contribution in [0.3, 0.4) is 0 Å². The predicted molar refractivity (Wildman–Crippen MR) is 225 cm³/mol. The van der Waals surface area contributed by atoms with Gasteiger partial charge < -0.3 is 9.80 Å². The topological polar surface area (TPSA) is 6.48 Å². The van der Waals surface area contributed by atoms with Crippen molar-refractivity contribution < 1.29 is 0 Å². The Morgan fingerprint density at radius 1 is 0.340 bits per heavy atom. The van der Waals surface area contributed by atoms with Crippen LogP contribution >= 0.6 is 15.8 Å². The van der Waals surface area contributed by atoms with Gasteiger partial charge in [-0.25, -0.2) is 0 Å². The fourth-order valence-corrected chi connectivity index (χ4v) is 11.8. The zero-order chi connectivity index (χ0) is 34.1. The summed E-state index contributed by atoms with van der Waals surface area (Å²) in [7, 11) is -1.21. The molecule has 0 atom stereocenters. The van der Waals surface area contributed by atoms with Gasteiger partial charge in [0.1, 0.15) is 0 Å². The van der Waals surface area contributed by atoms with E-state index >= 15 is 0 Å². The Morgan fingerprint density at radius 2 is 0.580 bits per heavy atom. The van der Waals surface area contributed by atoms with Crippen molar-refractivity contribution in [3.8, 4) is 0 Å². The Morgan fingerprint density at radius 3 is 0.820 bits per heavy atom. The third-order valence-electron chi connectivity index (χ3n) is 9.39. The highest BCUT2D eigenvalue weighted by Crippen LogP contribution is 2.47. The number of hydrogen-bond donors (Lipinski definition) is 0. The van der Waals surface area contributed by atoms with E-state index < -0.39 is 15.8 Å². The maximum atomic E-state index is 2.71. The van der Waals surface area contributed by atoms with Crippen LogP contribution < -0.4 is 31.0 Å². The molecule has 0 N–H and O–H groups in total. The minimum Gasteiger partial charge on any atom is -0.366 e. The number of anilines is 2. The molecule has 0 spiro atoms. The average Bonchev–Trinajstić information content (AvgIpc) is 3.18. The molecule has 0 aromatic heterocycles. The van der Waals surface area contributed by atoms with Crippen molar-refractivity contribution in [2.45, 2.75) is 26.7 Å². The second-order valence-corrected chi connectivity index (χ2v) is 17.1. The van der Waals surface area contributed by atoms with Crippen LogP contribution in [-0.2, 0) is 0 Å². The van der Waals surface area contributed by atoms with Crippen LogP contribution in [-0.4, -0.2) is 25.7 Å². The van der Waals surface area contributed by atoms with E-state index in [0.717, 1.165) is 38.5 Å². The van der Waals surface area contributed by atoms with E-state index in [4.69, 9.17) is 0 Å². The quantitative estimate of drug-likeness (QED) is 0.0638. The largest absolute Gasteiger partial charge is 0.366 e. The Bertz CT molecular complexity index is 1810. The first-order valence-corrected chi connectivity index (χ1v) is 21.0. The number of benzene rings is 7. The van der Waals surface area contributed by atoms with E-state index in [0.29, 0.717) is 0 Å². The van der Waals surface area contributed by atoms with Gasteiger partial charge in [0, 0.05) is 47.2 Å². The molecule has 250 valence electrons. The molecule has 4 heteroatoms. The first-order chi connectivity index (χ1) is 24.8. The first-order valence-electron chi connectivity index (χ1n) is 18.0. The molecule has 0 fully saturated rings. The maximum absolute atomic E-state index is 2.71. The van der Waals surface area contributed by atoms with Gasteiger partial charge in [-0.1, -0.05) is 184 Å². The molecule has 0 aliphatic heterocycles. The van der Waals surface area contributed by atoms with E-state index in [-0.39, 0.29) is 0 Å². The zero-order valence-corrected chi connectivity index (χ0v) is 31.0. The molecule has 0 aliphatic rings. The molecular weight excluding hydrogens is 642 g/mol. The Labute approximate surface area is 300 Å². The van der Waals surface area contributed by atoms with Gasteiger partial charge in [0.2, 0.25) is 0 Å².